The van der Waals surface area contributed by atoms with E-state index in [1.807, 2.05) is 12.1 Å². The lowest BCUT2D eigenvalue weighted by Gasteiger charge is -2.07. The van der Waals surface area contributed by atoms with Gasteiger partial charge in [0.05, 0.1) is 12.7 Å². The summed E-state index contributed by atoms with van der Waals surface area (Å²) in [5.74, 6) is 0.586. The Kier molecular flexibility index (Phi) is 5.68. The maximum atomic E-state index is 11.0. The molecule has 0 unspecified atom stereocenters. The molecule has 96 valence electrons. The first-order chi connectivity index (χ1) is 8.71. The fraction of sp³-hybridized carbons (Fsp3) is 0.385. The van der Waals surface area contributed by atoms with Gasteiger partial charge in [-0.1, -0.05) is 6.07 Å². The summed E-state index contributed by atoms with van der Waals surface area (Å²) in [7, 11) is 3.16. The summed E-state index contributed by atoms with van der Waals surface area (Å²) < 4.78 is 5.12. The van der Waals surface area contributed by atoms with Crippen LogP contribution < -0.4 is 15.4 Å². The average molecular weight is 247 g/mol. The van der Waals surface area contributed by atoms with Gasteiger partial charge in [0, 0.05) is 26.6 Å². The molecule has 0 bridgehead atoms. The van der Waals surface area contributed by atoms with Crippen LogP contribution in [0.1, 0.15) is 17.5 Å². The van der Waals surface area contributed by atoms with Gasteiger partial charge in [-0.2, -0.15) is 5.26 Å². The van der Waals surface area contributed by atoms with E-state index >= 15 is 0 Å². The van der Waals surface area contributed by atoms with Gasteiger partial charge in [0.15, 0.2) is 0 Å². The number of carbonyl (C=O) groups excluding carboxylic acids is 1. The Morgan fingerprint density at radius 2 is 2.28 bits per heavy atom. The van der Waals surface area contributed by atoms with Crippen LogP contribution in [0.25, 0.3) is 0 Å². The molecule has 5 nitrogen and oxygen atoms in total. The highest BCUT2D eigenvalue weighted by molar-refractivity contribution is 5.75. The quantitative estimate of drug-likeness (QED) is 0.729. The molecule has 0 fully saturated rings. The minimum Gasteiger partial charge on any atom is -0.495 e. The Hall–Kier alpha value is -2.06. The Balaban J connectivity index is 2.48. The van der Waals surface area contributed by atoms with Crippen molar-refractivity contribution in [3.05, 3.63) is 29.3 Å². The van der Waals surface area contributed by atoms with E-state index in [1.165, 1.54) is 0 Å². The van der Waals surface area contributed by atoms with E-state index in [1.54, 1.807) is 20.2 Å². The third-order valence-corrected chi connectivity index (χ3v) is 2.52. The lowest BCUT2D eigenvalue weighted by atomic mass is 10.1. The predicted octanol–water partition coefficient (Wildman–Crippen LogP) is 0.793. The molecule has 5 heteroatoms. The third kappa shape index (κ3) is 4.07. The second-order valence-electron chi connectivity index (χ2n) is 3.75. The van der Waals surface area contributed by atoms with E-state index < -0.39 is 0 Å². The Bertz CT molecular complexity index is 452. The van der Waals surface area contributed by atoms with Gasteiger partial charge in [-0.3, -0.25) is 4.79 Å². The molecule has 0 saturated heterocycles. The Morgan fingerprint density at radius 3 is 2.89 bits per heavy atom. The number of carbonyl (C=O) groups is 1. The number of amides is 1. The van der Waals surface area contributed by atoms with Crippen LogP contribution in [0.4, 0.5) is 0 Å². The number of nitriles is 1. The van der Waals surface area contributed by atoms with Gasteiger partial charge in [-0.25, -0.2) is 0 Å². The van der Waals surface area contributed by atoms with Crippen LogP contribution >= 0.6 is 0 Å². The van der Waals surface area contributed by atoms with E-state index in [0.717, 1.165) is 5.56 Å². The molecule has 1 amide bonds. The summed E-state index contributed by atoms with van der Waals surface area (Å²) in [4.78, 5) is 11.0. The largest absolute Gasteiger partial charge is 0.495 e. The number of rotatable bonds is 6. The highest BCUT2D eigenvalue weighted by Gasteiger charge is 2.03. The van der Waals surface area contributed by atoms with E-state index in [9.17, 15) is 4.79 Å². The molecule has 0 atom stereocenters. The number of ether oxygens (including phenoxy) is 1. The van der Waals surface area contributed by atoms with Crippen molar-refractivity contribution in [2.75, 3.05) is 20.7 Å². The van der Waals surface area contributed by atoms with Crippen molar-refractivity contribution in [1.29, 1.82) is 5.26 Å². The topological polar surface area (TPSA) is 74.2 Å². The molecule has 0 aliphatic rings. The molecule has 1 aromatic rings. The summed E-state index contributed by atoms with van der Waals surface area (Å²) in [5.41, 5.74) is 1.54. The van der Waals surface area contributed by atoms with E-state index in [-0.39, 0.29) is 5.91 Å². The highest BCUT2D eigenvalue weighted by Crippen LogP contribution is 2.18. The van der Waals surface area contributed by atoms with Crippen molar-refractivity contribution in [2.24, 2.45) is 0 Å². The van der Waals surface area contributed by atoms with Crippen LogP contribution in [0.3, 0.4) is 0 Å². The number of nitrogens with one attached hydrogen (secondary N) is 2. The van der Waals surface area contributed by atoms with Crippen LogP contribution in [-0.4, -0.2) is 26.6 Å². The van der Waals surface area contributed by atoms with Gasteiger partial charge in [0.1, 0.15) is 11.8 Å². The zero-order valence-electron chi connectivity index (χ0n) is 10.6. The molecule has 0 spiro atoms. The van der Waals surface area contributed by atoms with Crippen molar-refractivity contribution in [3.63, 3.8) is 0 Å². The van der Waals surface area contributed by atoms with Gasteiger partial charge in [0.2, 0.25) is 5.91 Å². The number of methoxy groups -OCH3 is 1. The number of hydrogen-bond donors (Lipinski definition) is 2. The first-order valence-corrected chi connectivity index (χ1v) is 5.69. The minimum atomic E-state index is 0.0138. The normalized spacial score (nSPS) is 9.61. The Morgan fingerprint density at radius 1 is 1.50 bits per heavy atom. The van der Waals surface area contributed by atoms with Gasteiger partial charge >= 0.3 is 0 Å². The SMILES string of the molecule is CNC(=O)CCNCc1ccc(C#N)c(OC)c1. The van der Waals surface area contributed by atoms with Crippen LogP contribution in [0.2, 0.25) is 0 Å². The van der Waals surface area contributed by atoms with Crippen LogP contribution in [0.5, 0.6) is 5.75 Å². The molecule has 1 rings (SSSR count). The van der Waals surface area contributed by atoms with Crippen LogP contribution in [-0.2, 0) is 11.3 Å². The van der Waals surface area contributed by atoms with E-state index in [0.29, 0.717) is 30.8 Å². The maximum Gasteiger partial charge on any atom is 0.221 e. The van der Waals surface area contributed by atoms with Gasteiger partial charge in [0.25, 0.3) is 0 Å². The smallest absolute Gasteiger partial charge is 0.221 e. The average Bonchev–Trinajstić information content (AvgIpc) is 2.42. The fourth-order valence-electron chi connectivity index (χ4n) is 1.50. The number of nitrogens with zero attached hydrogens (tertiary/aromatic N) is 1. The highest BCUT2D eigenvalue weighted by atomic mass is 16.5. The monoisotopic (exact) mass is 247 g/mol. The molecule has 2 N–H and O–H groups in total. The van der Waals surface area contributed by atoms with Crippen molar-refractivity contribution in [2.45, 2.75) is 13.0 Å². The molecular formula is C13H17N3O2. The standard InChI is InChI=1S/C13H17N3O2/c1-15-13(17)5-6-16-9-10-3-4-11(8-14)12(7-10)18-2/h3-4,7,16H,5-6,9H2,1-2H3,(H,15,17). The summed E-state index contributed by atoms with van der Waals surface area (Å²) in [6.45, 7) is 1.25. The molecule has 0 aliphatic heterocycles. The molecule has 0 heterocycles. The van der Waals surface area contributed by atoms with Crippen LogP contribution in [0, 0.1) is 11.3 Å². The van der Waals surface area contributed by atoms with Crippen molar-refractivity contribution < 1.29 is 9.53 Å². The van der Waals surface area contributed by atoms with Gasteiger partial charge in [-0.15, -0.1) is 0 Å². The minimum absolute atomic E-state index is 0.0138. The summed E-state index contributed by atoms with van der Waals surface area (Å²) in [6, 6.07) is 7.49. The molecule has 0 aromatic heterocycles. The van der Waals surface area contributed by atoms with Crippen LogP contribution in [0.15, 0.2) is 18.2 Å². The molecule has 1 aromatic carbocycles. The summed E-state index contributed by atoms with van der Waals surface area (Å²) >= 11 is 0. The van der Waals surface area contributed by atoms with E-state index in [2.05, 4.69) is 16.7 Å². The first kappa shape index (κ1) is 14.0. The number of hydrogen-bond acceptors (Lipinski definition) is 4. The lowest BCUT2D eigenvalue weighted by Crippen LogP contribution is -2.24. The third-order valence-electron chi connectivity index (χ3n) is 2.52. The predicted molar refractivity (Wildman–Crippen MR) is 68.1 cm³/mol. The molecule has 0 saturated carbocycles. The van der Waals surface area contributed by atoms with Gasteiger partial charge in [-0.05, 0) is 17.7 Å². The Labute approximate surface area is 107 Å². The summed E-state index contributed by atoms with van der Waals surface area (Å²) in [6.07, 6.45) is 0.448. The first-order valence-electron chi connectivity index (χ1n) is 5.69. The maximum absolute atomic E-state index is 11.0. The zero-order chi connectivity index (χ0) is 13.4. The molecule has 18 heavy (non-hydrogen) atoms. The van der Waals surface area contributed by atoms with Gasteiger partial charge < -0.3 is 15.4 Å². The van der Waals surface area contributed by atoms with E-state index in [4.69, 9.17) is 10.00 Å². The second kappa shape index (κ2) is 7.30. The van der Waals surface area contributed by atoms with Crippen molar-refractivity contribution in [3.8, 4) is 11.8 Å². The molecule has 0 aliphatic carbocycles. The zero-order valence-corrected chi connectivity index (χ0v) is 10.6. The summed E-state index contributed by atoms with van der Waals surface area (Å²) in [5, 5.41) is 14.6. The number of benzene rings is 1. The second-order valence-corrected chi connectivity index (χ2v) is 3.75. The molecular weight excluding hydrogens is 230 g/mol. The molecule has 0 radical (unpaired) electrons. The fourth-order valence-corrected chi connectivity index (χ4v) is 1.50. The lowest BCUT2D eigenvalue weighted by molar-refractivity contribution is -0.120. The van der Waals surface area contributed by atoms with Crippen molar-refractivity contribution >= 4 is 5.91 Å². The van der Waals surface area contributed by atoms with Crippen molar-refractivity contribution in [1.82, 2.24) is 10.6 Å².